The molecule has 2 aliphatic heterocycles. The molecule has 0 radical (unpaired) electrons. The van der Waals surface area contributed by atoms with Crippen LogP contribution in [0.5, 0.6) is 11.5 Å². The number of hydrogen-bond acceptors (Lipinski definition) is 6. The maximum atomic E-state index is 13.6. The Bertz CT molecular complexity index is 1460. The fourth-order valence-corrected chi connectivity index (χ4v) is 6.39. The molecule has 3 atom stereocenters. The van der Waals surface area contributed by atoms with Gasteiger partial charge in [0.2, 0.25) is 15.9 Å². The van der Waals surface area contributed by atoms with Gasteiger partial charge in [-0.25, -0.2) is 13.4 Å². The molecular formula is C25H25N5O4S. The van der Waals surface area contributed by atoms with E-state index < -0.39 is 21.5 Å². The second-order valence-corrected chi connectivity index (χ2v) is 11.0. The molecule has 3 unspecified atom stereocenters. The molecule has 6 bridgehead atoms. The zero-order valence-electron chi connectivity index (χ0n) is 19.4. The second kappa shape index (κ2) is 8.52. The number of amides is 1. The zero-order chi connectivity index (χ0) is 24.8. The number of ether oxygens (including phenoxy) is 1. The fraction of sp³-hybridized carbons (Fsp3) is 0.320. The van der Waals surface area contributed by atoms with Gasteiger partial charge in [0.25, 0.3) is 0 Å². The molecule has 1 N–H and O–H groups in total. The molecule has 35 heavy (non-hydrogen) atoms. The van der Waals surface area contributed by atoms with Gasteiger partial charge in [-0.15, -0.1) is 0 Å². The molecule has 0 aliphatic carbocycles. The Morgan fingerprint density at radius 3 is 2.83 bits per heavy atom. The third kappa shape index (κ3) is 3.96. The van der Waals surface area contributed by atoms with Crippen LogP contribution in [0.1, 0.15) is 36.6 Å². The Morgan fingerprint density at radius 2 is 2.09 bits per heavy atom. The molecular weight excluding hydrogens is 466 g/mol. The van der Waals surface area contributed by atoms with E-state index in [0.29, 0.717) is 30.7 Å². The van der Waals surface area contributed by atoms with Crippen molar-refractivity contribution in [3.8, 4) is 17.6 Å². The van der Waals surface area contributed by atoms with Crippen LogP contribution in [-0.4, -0.2) is 41.3 Å². The van der Waals surface area contributed by atoms with E-state index in [2.05, 4.69) is 16.4 Å². The lowest BCUT2D eigenvalue weighted by Gasteiger charge is -2.36. The minimum Gasteiger partial charge on any atom is -0.456 e. The third-order valence-corrected chi connectivity index (χ3v) is 8.67. The van der Waals surface area contributed by atoms with Crippen LogP contribution in [0.3, 0.4) is 0 Å². The van der Waals surface area contributed by atoms with Gasteiger partial charge in [0.15, 0.2) is 0 Å². The van der Waals surface area contributed by atoms with Crippen LogP contribution < -0.4 is 10.1 Å². The van der Waals surface area contributed by atoms with E-state index in [0.717, 1.165) is 5.69 Å². The van der Waals surface area contributed by atoms with E-state index in [-0.39, 0.29) is 28.7 Å². The van der Waals surface area contributed by atoms with Gasteiger partial charge in [0, 0.05) is 26.2 Å². The summed E-state index contributed by atoms with van der Waals surface area (Å²) in [5.41, 5.74) is 0.711. The van der Waals surface area contributed by atoms with Crippen LogP contribution in [0.2, 0.25) is 0 Å². The molecule has 180 valence electrons. The monoisotopic (exact) mass is 491 g/mol. The molecule has 3 aromatic rings. The van der Waals surface area contributed by atoms with Crippen molar-refractivity contribution in [1.29, 1.82) is 5.26 Å². The van der Waals surface area contributed by atoms with E-state index in [1.807, 2.05) is 18.5 Å². The average Bonchev–Trinajstić information content (AvgIpc) is 3.30. The topological polar surface area (TPSA) is 117 Å². The highest BCUT2D eigenvalue weighted by molar-refractivity contribution is 7.89. The number of hydrogen-bond donors (Lipinski definition) is 1. The molecule has 2 aliphatic rings. The normalized spacial score (nSPS) is 25.5. The van der Waals surface area contributed by atoms with Crippen LogP contribution in [0.25, 0.3) is 0 Å². The summed E-state index contributed by atoms with van der Waals surface area (Å²) in [6.07, 6.45) is 4.50. The number of aryl methyl sites for hydroxylation is 1. The average molecular weight is 492 g/mol. The number of carbonyl (C=O) groups is 1. The summed E-state index contributed by atoms with van der Waals surface area (Å²) < 4.78 is 36.1. The van der Waals surface area contributed by atoms with E-state index in [1.165, 1.54) is 16.4 Å². The Morgan fingerprint density at radius 1 is 1.26 bits per heavy atom. The quantitative estimate of drug-likeness (QED) is 0.559. The summed E-state index contributed by atoms with van der Waals surface area (Å²) in [4.78, 5) is 17.9. The van der Waals surface area contributed by atoms with Gasteiger partial charge in [-0.1, -0.05) is 12.1 Å². The maximum Gasteiger partial charge on any atom is 0.243 e. The Labute approximate surface area is 204 Å². The Kier molecular flexibility index (Phi) is 5.62. The van der Waals surface area contributed by atoms with Crippen LogP contribution >= 0.6 is 0 Å². The standard InChI is InChI=1S/C25H25N5O4S/c1-25(23-14-27-16-29(23)2)19-9-8-17(13-26)22(11-19)34-20-6-3-7-21(12-20)35(32,33)30-10-4-5-18(15-30)24(31)28-25/h3,6-9,11-12,14,16,18H,4-5,10,15H2,1-2H3,(H,28,31). The van der Waals surface area contributed by atoms with E-state index in [9.17, 15) is 18.5 Å². The minimum absolute atomic E-state index is 0.0857. The lowest BCUT2D eigenvalue weighted by molar-refractivity contribution is -0.127. The van der Waals surface area contributed by atoms with Gasteiger partial charge in [0.1, 0.15) is 23.1 Å². The smallest absolute Gasteiger partial charge is 0.243 e. The van der Waals surface area contributed by atoms with Crippen LogP contribution in [0, 0.1) is 17.2 Å². The van der Waals surface area contributed by atoms with Crippen molar-refractivity contribution in [2.45, 2.75) is 30.2 Å². The van der Waals surface area contributed by atoms with Crippen LogP contribution in [0.15, 0.2) is 59.9 Å². The van der Waals surface area contributed by atoms with Gasteiger partial charge in [-0.05, 0) is 49.6 Å². The number of fused-ring (bicyclic) bond motifs is 6. The second-order valence-electron chi connectivity index (χ2n) is 9.11. The van der Waals surface area contributed by atoms with E-state index >= 15 is 0 Å². The lowest BCUT2D eigenvalue weighted by Crippen LogP contribution is -2.51. The van der Waals surface area contributed by atoms with E-state index in [4.69, 9.17) is 4.74 Å². The molecule has 10 heteroatoms. The molecule has 3 heterocycles. The number of rotatable bonds is 1. The minimum atomic E-state index is -3.84. The molecule has 5 rings (SSSR count). The van der Waals surface area contributed by atoms with Crippen molar-refractivity contribution < 1.29 is 17.9 Å². The lowest BCUT2D eigenvalue weighted by atomic mass is 9.86. The molecule has 1 fully saturated rings. The van der Waals surface area contributed by atoms with E-state index in [1.54, 1.807) is 42.9 Å². The number of nitrogens with zero attached hydrogens (tertiary/aromatic N) is 4. The van der Waals surface area contributed by atoms with Gasteiger partial charge in [-0.2, -0.15) is 9.57 Å². The number of piperidine rings is 1. The summed E-state index contributed by atoms with van der Waals surface area (Å²) in [5.74, 6) is -0.186. The first-order valence-electron chi connectivity index (χ1n) is 11.3. The number of imidazole rings is 1. The third-order valence-electron chi connectivity index (χ3n) is 6.81. The first-order chi connectivity index (χ1) is 16.7. The van der Waals surface area contributed by atoms with Crippen LogP contribution in [0.4, 0.5) is 0 Å². The molecule has 0 spiro atoms. The highest BCUT2D eigenvalue weighted by atomic mass is 32.2. The van der Waals surface area contributed by atoms with Crippen molar-refractivity contribution in [2.24, 2.45) is 13.0 Å². The molecule has 2 aromatic carbocycles. The van der Waals surface area contributed by atoms with Crippen molar-refractivity contribution >= 4 is 15.9 Å². The number of carbonyl (C=O) groups excluding carboxylic acids is 1. The van der Waals surface area contributed by atoms with Crippen molar-refractivity contribution in [3.05, 3.63) is 71.8 Å². The number of benzene rings is 2. The predicted octanol–water partition coefficient (Wildman–Crippen LogP) is 2.88. The molecule has 1 aromatic heterocycles. The first-order valence-corrected chi connectivity index (χ1v) is 12.8. The highest BCUT2D eigenvalue weighted by Gasteiger charge is 2.39. The van der Waals surface area contributed by atoms with Gasteiger partial charge in [-0.3, -0.25) is 4.79 Å². The van der Waals surface area contributed by atoms with Gasteiger partial charge >= 0.3 is 0 Å². The SMILES string of the molecule is Cn1cncc1C1(C)NC(=O)C2CCCN(C2)S(=O)(=O)c2cccc(c2)Oc2cc1ccc2C#N. The van der Waals surface area contributed by atoms with Gasteiger partial charge in [0.05, 0.1) is 34.6 Å². The molecule has 1 saturated heterocycles. The number of sulfonamides is 1. The Balaban J connectivity index is 1.73. The predicted molar refractivity (Wildman–Crippen MR) is 127 cm³/mol. The largest absolute Gasteiger partial charge is 0.456 e. The number of nitrogens with one attached hydrogen (secondary N) is 1. The summed E-state index contributed by atoms with van der Waals surface area (Å²) in [6, 6.07) is 13.5. The number of aromatic nitrogens is 2. The summed E-state index contributed by atoms with van der Waals surface area (Å²) in [7, 11) is -2.00. The van der Waals surface area contributed by atoms with Gasteiger partial charge < -0.3 is 14.6 Å². The molecule has 0 saturated carbocycles. The highest BCUT2D eigenvalue weighted by Crippen LogP contribution is 2.36. The van der Waals surface area contributed by atoms with Crippen molar-refractivity contribution in [2.75, 3.05) is 13.1 Å². The first kappa shape index (κ1) is 23.1. The van der Waals surface area contributed by atoms with Crippen molar-refractivity contribution in [3.63, 3.8) is 0 Å². The van der Waals surface area contributed by atoms with Crippen molar-refractivity contribution in [1.82, 2.24) is 19.2 Å². The maximum absolute atomic E-state index is 13.6. The molecule has 1 amide bonds. The molecule has 9 nitrogen and oxygen atoms in total. The fourth-order valence-electron chi connectivity index (χ4n) is 4.83. The zero-order valence-corrected chi connectivity index (χ0v) is 20.2. The summed E-state index contributed by atoms with van der Waals surface area (Å²) >= 11 is 0. The summed E-state index contributed by atoms with van der Waals surface area (Å²) in [6.45, 7) is 2.31. The Hall–Kier alpha value is -3.68. The number of nitriles is 1. The van der Waals surface area contributed by atoms with Crippen LogP contribution in [-0.2, 0) is 27.4 Å². The summed E-state index contributed by atoms with van der Waals surface area (Å²) in [5, 5.41) is 12.9.